The van der Waals surface area contributed by atoms with Gasteiger partial charge in [-0.3, -0.25) is 14.6 Å². The number of carbonyl (C=O) groups excluding carboxylic acids is 2. The number of hydrogen-bond acceptors (Lipinski definition) is 5. The molecule has 0 bridgehead atoms. The molecule has 166 valence electrons. The van der Waals surface area contributed by atoms with Gasteiger partial charge in [0.15, 0.2) is 5.76 Å². The molecule has 2 N–H and O–H groups in total. The number of hydrogen-bond donors (Lipinski definition) is 2. The third kappa shape index (κ3) is 5.04. The van der Waals surface area contributed by atoms with Crippen LogP contribution in [0.2, 0.25) is 0 Å². The summed E-state index contributed by atoms with van der Waals surface area (Å²) in [6, 6.07) is 7.33. The Hall–Kier alpha value is -3.37. The summed E-state index contributed by atoms with van der Waals surface area (Å²) >= 11 is 0. The minimum atomic E-state index is -5.08. The number of carboxylic acid groups (broad SMARTS) is 1. The monoisotopic (exact) mass is 439 g/mol. The largest absolute Gasteiger partial charge is 0.490 e. The van der Waals surface area contributed by atoms with E-state index in [1.165, 1.54) is 6.26 Å². The standard InChI is InChI=1S/C18H19N3O3.C2HF3O2/c22-16-11-14(13-3-1-7-19-12-13)18(20-16)5-8-21(9-6-18)17(23)15-4-2-10-24-15;3-2(4,5)1(6)7/h1-4,7,10,12,14H,5-6,8-9,11H2,(H,20,22);(H,6,7). The molecule has 0 saturated carbocycles. The van der Waals surface area contributed by atoms with Gasteiger partial charge in [0.1, 0.15) is 0 Å². The van der Waals surface area contributed by atoms with Crippen LogP contribution in [-0.2, 0) is 9.59 Å². The van der Waals surface area contributed by atoms with Crippen LogP contribution in [0.5, 0.6) is 0 Å². The maximum absolute atomic E-state index is 12.4. The fourth-order valence-electron chi connectivity index (χ4n) is 3.95. The third-order valence-corrected chi connectivity index (χ3v) is 5.45. The summed E-state index contributed by atoms with van der Waals surface area (Å²) < 4.78 is 36.9. The van der Waals surface area contributed by atoms with Gasteiger partial charge in [0.05, 0.1) is 11.8 Å². The number of likely N-dealkylation sites (tertiary alicyclic amines) is 1. The van der Waals surface area contributed by atoms with E-state index in [0.29, 0.717) is 25.3 Å². The van der Waals surface area contributed by atoms with Crippen molar-refractivity contribution in [2.24, 2.45) is 0 Å². The summed E-state index contributed by atoms with van der Waals surface area (Å²) in [7, 11) is 0. The van der Waals surface area contributed by atoms with Crippen LogP contribution >= 0.6 is 0 Å². The molecule has 0 radical (unpaired) electrons. The lowest BCUT2D eigenvalue weighted by atomic mass is 9.74. The number of rotatable bonds is 2. The van der Waals surface area contributed by atoms with E-state index in [-0.39, 0.29) is 23.3 Å². The number of nitrogens with zero attached hydrogens (tertiary/aromatic N) is 2. The van der Waals surface area contributed by atoms with Crippen molar-refractivity contribution < 1.29 is 37.1 Å². The van der Waals surface area contributed by atoms with Crippen LogP contribution in [-0.4, -0.2) is 57.6 Å². The third-order valence-electron chi connectivity index (χ3n) is 5.45. The molecule has 1 spiro atoms. The number of furan rings is 1. The Balaban J connectivity index is 0.000000339. The highest BCUT2D eigenvalue weighted by atomic mass is 19.4. The highest BCUT2D eigenvalue weighted by molar-refractivity contribution is 5.91. The minimum absolute atomic E-state index is 0.0784. The van der Waals surface area contributed by atoms with Crippen molar-refractivity contribution in [1.82, 2.24) is 15.2 Å². The van der Waals surface area contributed by atoms with E-state index in [9.17, 15) is 22.8 Å². The van der Waals surface area contributed by atoms with Crippen LogP contribution in [0.4, 0.5) is 13.2 Å². The van der Waals surface area contributed by atoms with E-state index in [1.807, 2.05) is 18.3 Å². The highest BCUT2D eigenvalue weighted by Crippen LogP contribution is 2.43. The number of carbonyl (C=O) groups is 3. The number of carboxylic acids is 1. The fraction of sp³-hybridized carbons (Fsp3) is 0.400. The predicted molar refractivity (Wildman–Crippen MR) is 100 cm³/mol. The maximum Gasteiger partial charge on any atom is 0.490 e. The number of aliphatic carboxylic acids is 1. The van der Waals surface area contributed by atoms with Gasteiger partial charge in [0.25, 0.3) is 5.91 Å². The lowest BCUT2D eigenvalue weighted by Gasteiger charge is -2.42. The first-order chi connectivity index (χ1) is 14.6. The number of halogens is 3. The van der Waals surface area contributed by atoms with Crippen molar-refractivity contribution in [2.75, 3.05) is 13.1 Å². The Kier molecular flexibility index (Phi) is 6.32. The molecule has 8 nitrogen and oxygen atoms in total. The van der Waals surface area contributed by atoms with Crippen molar-refractivity contribution in [3.05, 3.63) is 54.2 Å². The number of nitrogens with one attached hydrogen (secondary N) is 1. The fourth-order valence-corrected chi connectivity index (χ4v) is 3.95. The molecule has 2 amide bonds. The van der Waals surface area contributed by atoms with Crippen molar-refractivity contribution in [3.8, 4) is 0 Å². The van der Waals surface area contributed by atoms with E-state index in [1.54, 1.807) is 23.2 Å². The molecule has 2 saturated heterocycles. The molecule has 1 atom stereocenters. The Bertz CT molecular complexity index is 923. The molecule has 0 aromatic carbocycles. The molecule has 2 fully saturated rings. The molecule has 4 rings (SSSR count). The van der Waals surface area contributed by atoms with E-state index >= 15 is 0 Å². The van der Waals surface area contributed by atoms with Crippen molar-refractivity contribution in [1.29, 1.82) is 0 Å². The number of pyridine rings is 1. The molecule has 2 aromatic heterocycles. The Morgan fingerprint density at radius 1 is 1.23 bits per heavy atom. The van der Waals surface area contributed by atoms with Gasteiger partial charge in [0.2, 0.25) is 5.91 Å². The Morgan fingerprint density at radius 3 is 2.42 bits per heavy atom. The zero-order valence-corrected chi connectivity index (χ0v) is 16.3. The van der Waals surface area contributed by atoms with E-state index in [0.717, 1.165) is 18.4 Å². The topological polar surface area (TPSA) is 113 Å². The van der Waals surface area contributed by atoms with Gasteiger partial charge in [-0.1, -0.05) is 6.07 Å². The lowest BCUT2D eigenvalue weighted by Crippen LogP contribution is -2.54. The summed E-state index contributed by atoms with van der Waals surface area (Å²) in [5.74, 6) is -2.29. The van der Waals surface area contributed by atoms with Crippen LogP contribution < -0.4 is 5.32 Å². The zero-order chi connectivity index (χ0) is 22.6. The first-order valence-electron chi connectivity index (χ1n) is 9.46. The number of piperidine rings is 1. The summed E-state index contributed by atoms with van der Waals surface area (Å²) in [5, 5.41) is 10.3. The van der Waals surface area contributed by atoms with Crippen molar-refractivity contribution >= 4 is 17.8 Å². The van der Waals surface area contributed by atoms with Gasteiger partial charge in [-0.25, -0.2) is 4.79 Å². The number of alkyl halides is 3. The number of aromatic nitrogens is 1. The van der Waals surface area contributed by atoms with Gasteiger partial charge < -0.3 is 19.7 Å². The summed E-state index contributed by atoms with van der Waals surface area (Å²) in [6.07, 6.45) is 1.97. The average molecular weight is 439 g/mol. The van der Waals surface area contributed by atoms with Crippen molar-refractivity contribution in [3.63, 3.8) is 0 Å². The van der Waals surface area contributed by atoms with Gasteiger partial charge in [0, 0.05) is 37.8 Å². The van der Waals surface area contributed by atoms with E-state index in [2.05, 4.69) is 10.3 Å². The Labute approximate surface area is 175 Å². The molecular weight excluding hydrogens is 419 g/mol. The molecule has 2 aromatic rings. The zero-order valence-electron chi connectivity index (χ0n) is 16.3. The van der Waals surface area contributed by atoms with Gasteiger partial charge in [-0.05, 0) is 36.6 Å². The van der Waals surface area contributed by atoms with Crippen LogP contribution in [0.15, 0.2) is 47.3 Å². The first kappa shape index (κ1) is 22.3. The molecule has 4 heterocycles. The molecule has 31 heavy (non-hydrogen) atoms. The average Bonchev–Trinajstić information content (AvgIpc) is 3.37. The van der Waals surface area contributed by atoms with Crippen LogP contribution in [0.1, 0.15) is 41.3 Å². The molecule has 11 heteroatoms. The normalized spacial score (nSPS) is 20.0. The second-order valence-electron chi connectivity index (χ2n) is 7.32. The maximum atomic E-state index is 12.4. The van der Waals surface area contributed by atoms with Gasteiger partial charge in [-0.2, -0.15) is 13.2 Å². The first-order valence-corrected chi connectivity index (χ1v) is 9.46. The minimum Gasteiger partial charge on any atom is -0.475 e. The lowest BCUT2D eigenvalue weighted by molar-refractivity contribution is -0.192. The van der Waals surface area contributed by atoms with E-state index in [4.69, 9.17) is 14.3 Å². The predicted octanol–water partition coefficient (Wildman–Crippen LogP) is 2.59. The van der Waals surface area contributed by atoms with E-state index < -0.39 is 12.1 Å². The van der Waals surface area contributed by atoms with Crippen LogP contribution in [0.25, 0.3) is 0 Å². The smallest absolute Gasteiger partial charge is 0.475 e. The summed E-state index contributed by atoms with van der Waals surface area (Å²) in [6.45, 7) is 1.22. The summed E-state index contributed by atoms with van der Waals surface area (Å²) in [4.78, 5) is 39.4. The molecule has 2 aliphatic rings. The molecule has 1 unspecified atom stereocenters. The quantitative estimate of drug-likeness (QED) is 0.744. The Morgan fingerprint density at radius 2 is 1.90 bits per heavy atom. The van der Waals surface area contributed by atoms with Crippen LogP contribution in [0, 0.1) is 0 Å². The molecule has 2 aliphatic heterocycles. The molecule has 0 aliphatic carbocycles. The van der Waals surface area contributed by atoms with Gasteiger partial charge in [-0.15, -0.1) is 0 Å². The second kappa shape index (κ2) is 8.78. The second-order valence-corrected chi connectivity index (χ2v) is 7.32. The highest BCUT2D eigenvalue weighted by Gasteiger charge is 2.49. The summed E-state index contributed by atoms with van der Waals surface area (Å²) in [5.41, 5.74) is 0.807. The van der Waals surface area contributed by atoms with Gasteiger partial charge >= 0.3 is 12.1 Å². The number of amides is 2. The van der Waals surface area contributed by atoms with Crippen LogP contribution in [0.3, 0.4) is 0 Å². The van der Waals surface area contributed by atoms with Crippen molar-refractivity contribution in [2.45, 2.75) is 36.9 Å². The SMILES string of the molecule is O=C(O)C(F)(F)F.O=C1CC(c2cccnc2)C2(CCN(C(=O)c3ccco3)CC2)N1. The molecular formula is C20H20F3N3O5.